The van der Waals surface area contributed by atoms with Crippen molar-refractivity contribution in [2.75, 3.05) is 6.54 Å². The van der Waals surface area contributed by atoms with E-state index in [4.69, 9.17) is 18.0 Å². The van der Waals surface area contributed by atoms with Gasteiger partial charge in [0.15, 0.2) is 0 Å². The minimum absolute atomic E-state index is 0.0166. The van der Waals surface area contributed by atoms with Crippen molar-refractivity contribution < 1.29 is 8.42 Å². The Morgan fingerprint density at radius 1 is 1.50 bits per heavy atom. The van der Waals surface area contributed by atoms with Crippen LogP contribution in [0.15, 0.2) is 35.7 Å². The molecule has 0 unspecified atom stereocenters. The molecule has 2 aromatic heterocycles. The van der Waals surface area contributed by atoms with E-state index in [1.165, 1.54) is 24.7 Å². The SMILES string of the molecule is NC(=S)c1ncccc1S(=O)(=O)NCCc1cnc[nH]1. The molecule has 0 spiro atoms. The lowest BCUT2D eigenvalue weighted by atomic mass is 10.3. The van der Waals surface area contributed by atoms with Crippen molar-refractivity contribution in [3.63, 3.8) is 0 Å². The van der Waals surface area contributed by atoms with Crippen molar-refractivity contribution in [1.29, 1.82) is 0 Å². The molecule has 0 atom stereocenters. The van der Waals surface area contributed by atoms with Crippen molar-refractivity contribution >= 4 is 27.2 Å². The Kier molecular flexibility index (Phi) is 4.42. The fraction of sp³-hybridized carbons (Fsp3) is 0.182. The van der Waals surface area contributed by atoms with Gasteiger partial charge >= 0.3 is 0 Å². The standard InChI is InChI=1S/C11H13N5O2S2/c12-11(19)10-9(2-1-4-14-10)20(17,18)16-5-3-8-6-13-7-15-8/h1-2,4,6-7,16H,3,5H2,(H2,12,19)(H,13,15). The number of hydrogen-bond donors (Lipinski definition) is 3. The average molecular weight is 311 g/mol. The number of thiocarbonyl (C=S) groups is 1. The van der Waals surface area contributed by atoms with Crippen LogP contribution in [-0.4, -0.2) is 34.9 Å². The first kappa shape index (κ1) is 14.6. The lowest BCUT2D eigenvalue weighted by molar-refractivity contribution is 0.580. The van der Waals surface area contributed by atoms with Gasteiger partial charge in [0.2, 0.25) is 10.0 Å². The van der Waals surface area contributed by atoms with Gasteiger partial charge < -0.3 is 10.7 Å². The van der Waals surface area contributed by atoms with Crippen LogP contribution in [0.2, 0.25) is 0 Å². The molecule has 0 bridgehead atoms. The Balaban J connectivity index is 2.12. The van der Waals surface area contributed by atoms with E-state index in [9.17, 15) is 8.42 Å². The molecule has 2 rings (SSSR count). The molecule has 2 heterocycles. The van der Waals surface area contributed by atoms with Crippen molar-refractivity contribution in [2.45, 2.75) is 11.3 Å². The number of H-pyrrole nitrogens is 1. The Morgan fingerprint density at radius 3 is 2.95 bits per heavy atom. The van der Waals surface area contributed by atoms with Gasteiger partial charge in [0.1, 0.15) is 15.6 Å². The van der Waals surface area contributed by atoms with Crippen LogP contribution in [0.5, 0.6) is 0 Å². The smallest absolute Gasteiger partial charge is 0.242 e. The molecule has 0 aliphatic rings. The molecule has 0 aliphatic heterocycles. The highest BCUT2D eigenvalue weighted by molar-refractivity contribution is 7.89. The van der Waals surface area contributed by atoms with Gasteiger partial charge in [-0.15, -0.1) is 0 Å². The van der Waals surface area contributed by atoms with Gasteiger partial charge in [0, 0.05) is 31.1 Å². The molecule has 0 saturated carbocycles. The summed E-state index contributed by atoms with van der Waals surface area (Å²) in [5.74, 6) is 0. The maximum absolute atomic E-state index is 12.2. The van der Waals surface area contributed by atoms with Crippen LogP contribution in [0.3, 0.4) is 0 Å². The van der Waals surface area contributed by atoms with E-state index in [-0.39, 0.29) is 22.1 Å². The number of rotatable bonds is 6. The molecule has 9 heteroatoms. The van der Waals surface area contributed by atoms with Gasteiger partial charge in [-0.1, -0.05) is 12.2 Å². The van der Waals surface area contributed by atoms with Crippen molar-refractivity contribution in [1.82, 2.24) is 19.7 Å². The first-order valence-corrected chi connectivity index (χ1v) is 7.61. The first-order valence-electron chi connectivity index (χ1n) is 5.72. The summed E-state index contributed by atoms with van der Waals surface area (Å²) >= 11 is 4.81. The average Bonchev–Trinajstić information content (AvgIpc) is 2.91. The van der Waals surface area contributed by atoms with Crippen molar-refractivity contribution in [2.24, 2.45) is 5.73 Å². The lowest BCUT2D eigenvalue weighted by Gasteiger charge is -2.09. The van der Waals surface area contributed by atoms with E-state index in [1.54, 1.807) is 6.20 Å². The van der Waals surface area contributed by atoms with Crippen LogP contribution in [-0.2, 0) is 16.4 Å². The second-order valence-corrected chi connectivity index (χ2v) is 6.11. The summed E-state index contributed by atoms with van der Waals surface area (Å²) in [6, 6.07) is 2.94. The zero-order valence-corrected chi connectivity index (χ0v) is 12.0. The molecule has 0 aliphatic carbocycles. The second kappa shape index (κ2) is 6.07. The number of pyridine rings is 1. The predicted octanol–water partition coefficient (Wildman–Crippen LogP) is -0.0401. The summed E-state index contributed by atoms with van der Waals surface area (Å²) in [6.45, 7) is 0.232. The summed E-state index contributed by atoms with van der Waals surface area (Å²) in [5, 5.41) is 0. The minimum Gasteiger partial charge on any atom is -0.388 e. The number of nitrogens with two attached hydrogens (primary N) is 1. The molecule has 0 saturated heterocycles. The second-order valence-electron chi connectivity index (χ2n) is 3.94. The largest absolute Gasteiger partial charge is 0.388 e. The maximum Gasteiger partial charge on any atom is 0.242 e. The fourth-order valence-electron chi connectivity index (χ4n) is 1.61. The predicted molar refractivity (Wildman–Crippen MR) is 77.6 cm³/mol. The van der Waals surface area contributed by atoms with Crippen LogP contribution in [0.1, 0.15) is 11.4 Å². The summed E-state index contributed by atoms with van der Waals surface area (Å²) in [7, 11) is -3.70. The molecule has 0 aromatic carbocycles. The summed E-state index contributed by atoms with van der Waals surface area (Å²) < 4.78 is 26.9. The summed E-state index contributed by atoms with van der Waals surface area (Å²) in [4.78, 5) is 10.6. The van der Waals surface area contributed by atoms with Crippen LogP contribution < -0.4 is 10.5 Å². The number of aromatic nitrogens is 3. The van der Waals surface area contributed by atoms with Gasteiger partial charge in [-0.05, 0) is 12.1 Å². The third-order valence-corrected chi connectivity index (χ3v) is 4.22. The van der Waals surface area contributed by atoms with E-state index >= 15 is 0 Å². The molecule has 0 fully saturated rings. The Labute approximate surface area is 121 Å². The van der Waals surface area contributed by atoms with E-state index in [2.05, 4.69) is 19.7 Å². The Bertz CT molecular complexity index is 697. The summed E-state index contributed by atoms with van der Waals surface area (Å²) in [6.07, 6.45) is 5.12. The topological polar surface area (TPSA) is 114 Å². The van der Waals surface area contributed by atoms with Crippen molar-refractivity contribution in [3.05, 3.63) is 42.2 Å². The first-order chi connectivity index (χ1) is 9.50. The van der Waals surface area contributed by atoms with E-state index in [0.29, 0.717) is 6.42 Å². The molecule has 0 amide bonds. The third kappa shape index (κ3) is 3.38. The van der Waals surface area contributed by atoms with Crippen LogP contribution >= 0.6 is 12.2 Å². The number of sulfonamides is 1. The van der Waals surface area contributed by atoms with E-state index < -0.39 is 10.0 Å². The minimum atomic E-state index is -3.70. The fourth-order valence-corrected chi connectivity index (χ4v) is 3.04. The third-order valence-electron chi connectivity index (χ3n) is 2.53. The van der Waals surface area contributed by atoms with Gasteiger partial charge in [0.25, 0.3) is 0 Å². The van der Waals surface area contributed by atoms with Crippen molar-refractivity contribution in [3.8, 4) is 0 Å². The van der Waals surface area contributed by atoms with Gasteiger partial charge in [-0.25, -0.2) is 18.1 Å². The molecule has 106 valence electrons. The summed E-state index contributed by atoms with van der Waals surface area (Å²) in [5.41, 5.74) is 6.42. The monoisotopic (exact) mass is 311 g/mol. The highest BCUT2D eigenvalue weighted by Gasteiger charge is 2.20. The number of hydrogen-bond acceptors (Lipinski definition) is 5. The zero-order chi connectivity index (χ0) is 14.6. The van der Waals surface area contributed by atoms with Crippen LogP contribution in [0.25, 0.3) is 0 Å². The quantitative estimate of drug-likeness (QED) is 0.645. The molecule has 4 N–H and O–H groups in total. The van der Waals surface area contributed by atoms with Gasteiger partial charge in [-0.3, -0.25) is 4.98 Å². The maximum atomic E-state index is 12.2. The highest BCUT2D eigenvalue weighted by atomic mass is 32.2. The number of aromatic amines is 1. The zero-order valence-electron chi connectivity index (χ0n) is 10.4. The number of nitrogens with zero attached hydrogens (tertiary/aromatic N) is 2. The molecule has 7 nitrogen and oxygen atoms in total. The Hall–Kier alpha value is -1.84. The van der Waals surface area contributed by atoms with Gasteiger partial charge in [0.05, 0.1) is 6.33 Å². The van der Waals surface area contributed by atoms with Crippen LogP contribution in [0.4, 0.5) is 0 Å². The van der Waals surface area contributed by atoms with E-state index in [1.807, 2.05) is 0 Å². The Morgan fingerprint density at radius 2 is 2.30 bits per heavy atom. The molecule has 20 heavy (non-hydrogen) atoms. The number of imidazole rings is 1. The molecule has 2 aromatic rings. The van der Waals surface area contributed by atoms with E-state index in [0.717, 1.165) is 5.69 Å². The number of nitrogens with one attached hydrogen (secondary N) is 2. The molecular formula is C11H13N5O2S2. The molecular weight excluding hydrogens is 298 g/mol. The lowest BCUT2D eigenvalue weighted by Crippen LogP contribution is -2.29. The van der Waals surface area contributed by atoms with Gasteiger partial charge in [-0.2, -0.15) is 0 Å². The van der Waals surface area contributed by atoms with Crippen LogP contribution in [0, 0.1) is 0 Å². The molecule has 0 radical (unpaired) electrons. The normalized spacial score (nSPS) is 11.4. The highest BCUT2D eigenvalue weighted by Crippen LogP contribution is 2.12.